The zero-order valence-corrected chi connectivity index (χ0v) is 12.7. The minimum atomic E-state index is -2.14. The van der Waals surface area contributed by atoms with Crippen LogP contribution in [0.1, 0.15) is 35.4 Å². The van der Waals surface area contributed by atoms with Crippen molar-refractivity contribution in [3.8, 4) is 5.75 Å². The molecule has 5 heteroatoms. The van der Waals surface area contributed by atoms with Crippen LogP contribution >= 0.6 is 0 Å². The molecular formula is C18H19FN2O2. The second-order valence-electron chi connectivity index (χ2n) is 5.73. The van der Waals surface area contributed by atoms with Crippen LogP contribution in [0.4, 0.5) is 4.39 Å². The molecule has 3 N–H and O–H groups in total. The molecule has 2 aromatic rings. The number of nitrogens with two attached hydrogens (primary N) is 1. The maximum Gasteiger partial charge on any atom is 0.191 e. The van der Waals surface area contributed by atoms with Gasteiger partial charge in [0, 0.05) is 23.6 Å². The smallest absolute Gasteiger partial charge is 0.191 e. The maximum absolute atomic E-state index is 14.5. The molecule has 0 spiro atoms. The van der Waals surface area contributed by atoms with Crippen LogP contribution in [0, 0.1) is 0 Å². The Hall–Kier alpha value is -2.24. The van der Waals surface area contributed by atoms with Gasteiger partial charge in [-0.3, -0.25) is 5.73 Å². The van der Waals surface area contributed by atoms with Gasteiger partial charge in [0.05, 0.1) is 6.42 Å². The van der Waals surface area contributed by atoms with Crippen molar-refractivity contribution >= 4 is 6.29 Å². The number of hydrogen-bond donors (Lipinski definition) is 2. The Labute approximate surface area is 134 Å². The van der Waals surface area contributed by atoms with Crippen molar-refractivity contribution in [3.05, 3.63) is 65.2 Å². The topological polar surface area (TPSA) is 64.4 Å². The summed E-state index contributed by atoms with van der Waals surface area (Å²) in [6.45, 7) is 0.682. The van der Waals surface area contributed by atoms with Gasteiger partial charge >= 0.3 is 0 Å². The molecule has 0 radical (unpaired) electrons. The van der Waals surface area contributed by atoms with E-state index in [1.165, 1.54) is 0 Å². The van der Waals surface area contributed by atoms with E-state index in [-0.39, 0.29) is 12.3 Å². The largest absolute Gasteiger partial charge is 0.408 e. The molecule has 0 fully saturated rings. The van der Waals surface area contributed by atoms with Crippen molar-refractivity contribution in [2.45, 2.75) is 24.6 Å². The van der Waals surface area contributed by atoms with Crippen molar-refractivity contribution in [2.75, 3.05) is 6.54 Å². The predicted molar refractivity (Wildman–Crippen MR) is 85.6 cm³/mol. The molecule has 0 bridgehead atoms. The van der Waals surface area contributed by atoms with Crippen LogP contribution in [0.5, 0.6) is 5.75 Å². The summed E-state index contributed by atoms with van der Waals surface area (Å²) in [6, 6.07) is 14.9. The maximum atomic E-state index is 14.5. The molecule has 23 heavy (non-hydrogen) atoms. The second kappa shape index (κ2) is 6.48. The zero-order chi connectivity index (χ0) is 16.3. The SMILES string of the molecule is N[C@](F)(CC=O)c1cccc(C2CCNOc3ccccc32)c1. The van der Waals surface area contributed by atoms with Crippen molar-refractivity contribution in [2.24, 2.45) is 5.73 Å². The molecule has 0 aromatic heterocycles. The van der Waals surface area contributed by atoms with Crippen LogP contribution in [0.25, 0.3) is 0 Å². The average molecular weight is 314 g/mol. The summed E-state index contributed by atoms with van der Waals surface area (Å²) >= 11 is 0. The molecule has 1 aliphatic heterocycles. The van der Waals surface area contributed by atoms with E-state index in [1.54, 1.807) is 18.2 Å². The van der Waals surface area contributed by atoms with Gasteiger partial charge in [-0.2, -0.15) is 5.48 Å². The number of halogens is 1. The Kier molecular flexibility index (Phi) is 4.41. The normalized spacial score (nSPS) is 19.8. The number of rotatable bonds is 4. The summed E-state index contributed by atoms with van der Waals surface area (Å²) in [4.78, 5) is 16.2. The molecule has 120 valence electrons. The summed E-state index contributed by atoms with van der Waals surface area (Å²) in [5, 5.41) is 0. The fourth-order valence-corrected chi connectivity index (χ4v) is 2.95. The van der Waals surface area contributed by atoms with Crippen LogP contribution < -0.4 is 16.1 Å². The van der Waals surface area contributed by atoms with Gasteiger partial charge in [-0.05, 0) is 18.1 Å². The van der Waals surface area contributed by atoms with E-state index in [2.05, 4.69) is 5.48 Å². The van der Waals surface area contributed by atoms with Gasteiger partial charge in [0.2, 0.25) is 0 Å². The number of hydroxylamine groups is 1. The summed E-state index contributed by atoms with van der Waals surface area (Å²) in [6.07, 6.45) is 0.964. The van der Waals surface area contributed by atoms with Gasteiger partial charge in [0.25, 0.3) is 0 Å². The Morgan fingerprint density at radius 2 is 2.13 bits per heavy atom. The molecule has 3 rings (SSSR count). The van der Waals surface area contributed by atoms with Gasteiger partial charge in [-0.25, -0.2) is 4.39 Å². The van der Waals surface area contributed by atoms with Crippen LogP contribution in [0.2, 0.25) is 0 Å². The summed E-state index contributed by atoms with van der Waals surface area (Å²) in [7, 11) is 0. The first-order chi connectivity index (χ1) is 11.1. The van der Waals surface area contributed by atoms with E-state index in [1.807, 2.05) is 30.3 Å². The minimum absolute atomic E-state index is 0.0770. The highest BCUT2D eigenvalue weighted by atomic mass is 19.1. The monoisotopic (exact) mass is 314 g/mol. The predicted octanol–water partition coefficient (Wildman–Crippen LogP) is 2.78. The van der Waals surface area contributed by atoms with Crippen LogP contribution in [0.3, 0.4) is 0 Å². The first-order valence-electron chi connectivity index (χ1n) is 7.62. The molecule has 1 unspecified atom stereocenters. The zero-order valence-electron chi connectivity index (χ0n) is 12.7. The van der Waals surface area contributed by atoms with Gasteiger partial charge in [0.1, 0.15) is 6.29 Å². The van der Waals surface area contributed by atoms with E-state index in [0.717, 1.165) is 23.3 Å². The third kappa shape index (κ3) is 3.25. The first kappa shape index (κ1) is 15.6. The molecule has 4 nitrogen and oxygen atoms in total. The van der Waals surface area contributed by atoms with E-state index in [9.17, 15) is 9.18 Å². The number of carbonyl (C=O) groups is 1. The standard InChI is InChI=1S/C18H19FN2O2/c19-18(20,9-11-22)14-5-3-4-13(12-14)15-8-10-21-23-17-7-2-1-6-16(15)17/h1-7,11-12,15,21H,8-10,20H2/t15?,18-/m1/s1. The molecule has 1 heterocycles. The fraction of sp³-hybridized carbons (Fsp3) is 0.278. The highest BCUT2D eigenvalue weighted by Crippen LogP contribution is 2.36. The van der Waals surface area contributed by atoms with Gasteiger partial charge in [-0.1, -0.05) is 42.5 Å². The minimum Gasteiger partial charge on any atom is -0.408 e. The van der Waals surface area contributed by atoms with Gasteiger partial charge in [0.15, 0.2) is 11.5 Å². The number of carbonyl (C=O) groups excluding carboxylic acids is 1. The number of hydrogen-bond acceptors (Lipinski definition) is 4. The summed E-state index contributed by atoms with van der Waals surface area (Å²) in [5.41, 5.74) is 10.9. The van der Waals surface area contributed by atoms with Crippen LogP contribution in [-0.2, 0) is 10.6 Å². The van der Waals surface area contributed by atoms with Gasteiger partial charge in [-0.15, -0.1) is 0 Å². The molecule has 0 saturated heterocycles. The Morgan fingerprint density at radius 1 is 1.30 bits per heavy atom. The Morgan fingerprint density at radius 3 is 2.96 bits per heavy atom. The lowest BCUT2D eigenvalue weighted by molar-refractivity contribution is -0.110. The second-order valence-corrected chi connectivity index (χ2v) is 5.73. The number of benzene rings is 2. The lowest BCUT2D eigenvalue weighted by Crippen LogP contribution is -2.31. The van der Waals surface area contributed by atoms with E-state index in [4.69, 9.17) is 10.6 Å². The third-order valence-corrected chi connectivity index (χ3v) is 4.16. The number of aldehydes is 1. The highest BCUT2D eigenvalue weighted by molar-refractivity contribution is 5.53. The van der Waals surface area contributed by atoms with Crippen LogP contribution in [0.15, 0.2) is 48.5 Å². The van der Waals surface area contributed by atoms with Crippen molar-refractivity contribution in [1.82, 2.24) is 5.48 Å². The fourth-order valence-electron chi connectivity index (χ4n) is 2.95. The number of alkyl halides is 1. The van der Waals surface area contributed by atoms with Crippen molar-refractivity contribution in [3.63, 3.8) is 0 Å². The molecule has 0 amide bonds. The quantitative estimate of drug-likeness (QED) is 0.673. The van der Waals surface area contributed by atoms with Crippen molar-refractivity contribution in [1.29, 1.82) is 0 Å². The summed E-state index contributed by atoms with van der Waals surface area (Å²) < 4.78 is 14.5. The van der Waals surface area contributed by atoms with E-state index >= 15 is 0 Å². The first-order valence-corrected chi connectivity index (χ1v) is 7.62. The number of fused-ring (bicyclic) bond motifs is 1. The van der Waals surface area contributed by atoms with E-state index in [0.29, 0.717) is 18.4 Å². The highest BCUT2D eigenvalue weighted by Gasteiger charge is 2.28. The molecule has 2 aromatic carbocycles. The van der Waals surface area contributed by atoms with Crippen molar-refractivity contribution < 1.29 is 14.0 Å². The molecule has 2 atom stereocenters. The molecular weight excluding hydrogens is 295 g/mol. The summed E-state index contributed by atoms with van der Waals surface area (Å²) in [5.74, 6) is -1.29. The lowest BCUT2D eigenvalue weighted by Gasteiger charge is -2.21. The average Bonchev–Trinajstić information content (AvgIpc) is 2.77. The molecule has 0 aliphatic carbocycles. The molecule has 0 saturated carbocycles. The van der Waals surface area contributed by atoms with Gasteiger partial charge < -0.3 is 9.63 Å². The van der Waals surface area contributed by atoms with Crippen LogP contribution in [-0.4, -0.2) is 12.8 Å². The number of nitrogens with one attached hydrogen (secondary N) is 1. The molecule has 1 aliphatic rings. The lowest BCUT2D eigenvalue weighted by atomic mass is 9.86. The number of para-hydroxylation sites is 1. The third-order valence-electron chi connectivity index (χ3n) is 4.16. The van der Waals surface area contributed by atoms with E-state index < -0.39 is 5.79 Å². The Bertz CT molecular complexity index is 703. The Balaban J connectivity index is 2.00.